The standard InChI is InChI=1S/C17H21N3O2/c1-4-20(5-2)16-11-14(17(21)22)18-15(19-16)10-13-9-7-6-8-12(13)3/h6-9,11H,4-5,10H2,1-3H3,(H,21,22). The van der Waals surface area contributed by atoms with Crippen molar-refractivity contribution in [2.75, 3.05) is 18.0 Å². The Labute approximate surface area is 130 Å². The molecule has 0 aliphatic heterocycles. The molecule has 1 N–H and O–H groups in total. The number of aromatic nitrogens is 2. The summed E-state index contributed by atoms with van der Waals surface area (Å²) in [6.45, 7) is 7.62. The Morgan fingerprint density at radius 1 is 1.18 bits per heavy atom. The van der Waals surface area contributed by atoms with Crippen LogP contribution in [-0.2, 0) is 6.42 Å². The van der Waals surface area contributed by atoms with Crippen molar-refractivity contribution in [3.05, 3.63) is 53.0 Å². The fourth-order valence-electron chi connectivity index (χ4n) is 2.36. The molecule has 2 rings (SSSR count). The van der Waals surface area contributed by atoms with Gasteiger partial charge in [-0.1, -0.05) is 24.3 Å². The van der Waals surface area contributed by atoms with E-state index in [2.05, 4.69) is 9.97 Å². The number of hydrogen-bond donors (Lipinski definition) is 1. The maximum absolute atomic E-state index is 11.3. The van der Waals surface area contributed by atoms with Crippen molar-refractivity contribution >= 4 is 11.8 Å². The SMILES string of the molecule is CCN(CC)c1cc(C(=O)O)nc(Cc2ccccc2C)n1. The van der Waals surface area contributed by atoms with Gasteiger partial charge in [0.2, 0.25) is 0 Å². The van der Waals surface area contributed by atoms with Gasteiger partial charge in [0.05, 0.1) is 0 Å². The van der Waals surface area contributed by atoms with Crippen LogP contribution in [0.2, 0.25) is 0 Å². The zero-order valence-electron chi connectivity index (χ0n) is 13.2. The van der Waals surface area contributed by atoms with E-state index in [0.717, 1.165) is 24.2 Å². The lowest BCUT2D eigenvalue weighted by Crippen LogP contribution is -2.24. The molecule has 5 nitrogen and oxygen atoms in total. The highest BCUT2D eigenvalue weighted by atomic mass is 16.4. The summed E-state index contributed by atoms with van der Waals surface area (Å²) >= 11 is 0. The first-order chi connectivity index (χ1) is 10.5. The van der Waals surface area contributed by atoms with Gasteiger partial charge in [-0.3, -0.25) is 0 Å². The highest BCUT2D eigenvalue weighted by Crippen LogP contribution is 2.16. The van der Waals surface area contributed by atoms with Crippen LogP contribution in [0.25, 0.3) is 0 Å². The average molecular weight is 299 g/mol. The fourth-order valence-corrected chi connectivity index (χ4v) is 2.36. The molecule has 0 fully saturated rings. The van der Waals surface area contributed by atoms with E-state index >= 15 is 0 Å². The average Bonchev–Trinajstić information content (AvgIpc) is 2.50. The van der Waals surface area contributed by atoms with Gasteiger partial charge in [-0.2, -0.15) is 0 Å². The molecule has 0 saturated heterocycles. The van der Waals surface area contributed by atoms with Crippen LogP contribution >= 0.6 is 0 Å². The Morgan fingerprint density at radius 3 is 2.45 bits per heavy atom. The van der Waals surface area contributed by atoms with Crippen LogP contribution in [0.5, 0.6) is 0 Å². The van der Waals surface area contributed by atoms with Gasteiger partial charge in [0.1, 0.15) is 11.6 Å². The Morgan fingerprint density at radius 2 is 1.86 bits per heavy atom. The quantitative estimate of drug-likeness (QED) is 0.888. The second-order valence-corrected chi connectivity index (χ2v) is 5.11. The Bertz CT molecular complexity index is 667. The largest absolute Gasteiger partial charge is 0.477 e. The van der Waals surface area contributed by atoms with Crippen molar-refractivity contribution in [2.45, 2.75) is 27.2 Å². The summed E-state index contributed by atoms with van der Waals surface area (Å²) in [5, 5.41) is 9.27. The predicted molar refractivity (Wildman–Crippen MR) is 86.5 cm³/mol. The van der Waals surface area contributed by atoms with Gasteiger partial charge in [0.25, 0.3) is 0 Å². The molecule has 1 heterocycles. The minimum atomic E-state index is -1.03. The number of carboxylic acid groups (broad SMARTS) is 1. The van der Waals surface area contributed by atoms with Crippen molar-refractivity contribution in [1.82, 2.24) is 9.97 Å². The number of aryl methyl sites for hydroxylation is 1. The van der Waals surface area contributed by atoms with E-state index in [1.54, 1.807) is 0 Å². The first kappa shape index (κ1) is 15.9. The maximum Gasteiger partial charge on any atom is 0.354 e. The first-order valence-corrected chi connectivity index (χ1v) is 7.45. The van der Waals surface area contributed by atoms with Gasteiger partial charge in [-0.25, -0.2) is 14.8 Å². The summed E-state index contributed by atoms with van der Waals surface area (Å²) in [4.78, 5) is 22.1. The van der Waals surface area contributed by atoms with E-state index in [0.29, 0.717) is 18.1 Å². The molecule has 116 valence electrons. The summed E-state index contributed by atoms with van der Waals surface area (Å²) in [7, 11) is 0. The first-order valence-electron chi connectivity index (χ1n) is 7.45. The third kappa shape index (κ3) is 3.61. The molecule has 1 aromatic carbocycles. The Hall–Kier alpha value is -2.43. The van der Waals surface area contributed by atoms with E-state index < -0.39 is 5.97 Å². The number of nitrogens with zero attached hydrogens (tertiary/aromatic N) is 3. The Kier molecular flexibility index (Phi) is 5.09. The van der Waals surface area contributed by atoms with Gasteiger partial charge >= 0.3 is 5.97 Å². The van der Waals surface area contributed by atoms with Crippen LogP contribution in [-0.4, -0.2) is 34.1 Å². The van der Waals surface area contributed by atoms with Crippen molar-refractivity contribution in [3.8, 4) is 0 Å². The lowest BCUT2D eigenvalue weighted by molar-refractivity contribution is 0.0690. The van der Waals surface area contributed by atoms with Gasteiger partial charge in [0, 0.05) is 25.6 Å². The van der Waals surface area contributed by atoms with Crippen molar-refractivity contribution in [3.63, 3.8) is 0 Å². The molecule has 5 heteroatoms. The highest BCUT2D eigenvalue weighted by Gasteiger charge is 2.14. The number of anilines is 1. The molecule has 0 saturated carbocycles. The molecule has 0 spiro atoms. The number of carbonyl (C=O) groups is 1. The van der Waals surface area contributed by atoms with Crippen molar-refractivity contribution in [2.24, 2.45) is 0 Å². The smallest absolute Gasteiger partial charge is 0.354 e. The summed E-state index contributed by atoms with van der Waals surface area (Å²) < 4.78 is 0. The summed E-state index contributed by atoms with van der Waals surface area (Å²) in [6, 6.07) is 9.53. The van der Waals surface area contributed by atoms with Crippen LogP contribution in [0.1, 0.15) is 41.3 Å². The minimum absolute atomic E-state index is 0.0421. The van der Waals surface area contributed by atoms with Crippen molar-refractivity contribution < 1.29 is 9.90 Å². The van der Waals surface area contributed by atoms with E-state index in [9.17, 15) is 9.90 Å². The predicted octanol–water partition coefficient (Wildman–Crippen LogP) is 2.92. The molecule has 0 atom stereocenters. The molecule has 22 heavy (non-hydrogen) atoms. The molecule has 0 unspecified atom stereocenters. The van der Waals surface area contributed by atoms with E-state index in [1.807, 2.05) is 49.9 Å². The molecule has 1 aromatic heterocycles. The van der Waals surface area contributed by atoms with Gasteiger partial charge in [0.15, 0.2) is 5.69 Å². The second kappa shape index (κ2) is 7.02. The lowest BCUT2D eigenvalue weighted by Gasteiger charge is -2.20. The zero-order chi connectivity index (χ0) is 16.1. The number of carboxylic acids is 1. The number of benzene rings is 1. The fraction of sp³-hybridized carbons (Fsp3) is 0.353. The molecular weight excluding hydrogens is 278 g/mol. The third-order valence-electron chi connectivity index (χ3n) is 3.68. The van der Waals surface area contributed by atoms with Crippen LogP contribution < -0.4 is 4.90 Å². The summed E-state index contributed by atoms with van der Waals surface area (Å²) in [5.74, 6) is 0.180. The van der Waals surface area contributed by atoms with Crippen LogP contribution in [0, 0.1) is 6.92 Å². The third-order valence-corrected chi connectivity index (χ3v) is 3.68. The molecule has 0 radical (unpaired) electrons. The van der Waals surface area contributed by atoms with Crippen molar-refractivity contribution in [1.29, 1.82) is 0 Å². The summed E-state index contributed by atoms with van der Waals surface area (Å²) in [5.41, 5.74) is 2.30. The Balaban J connectivity index is 2.42. The normalized spacial score (nSPS) is 10.5. The van der Waals surface area contributed by atoms with Crippen LogP contribution in [0.3, 0.4) is 0 Å². The highest BCUT2D eigenvalue weighted by molar-refractivity contribution is 5.86. The molecule has 0 bridgehead atoms. The molecule has 0 aliphatic carbocycles. The number of aromatic carboxylic acids is 1. The molecule has 0 amide bonds. The van der Waals surface area contributed by atoms with E-state index in [1.165, 1.54) is 6.07 Å². The number of rotatable bonds is 6. The monoisotopic (exact) mass is 299 g/mol. The lowest BCUT2D eigenvalue weighted by atomic mass is 10.1. The van der Waals surface area contributed by atoms with E-state index in [4.69, 9.17) is 0 Å². The minimum Gasteiger partial charge on any atom is -0.477 e. The molecule has 2 aromatic rings. The molecular formula is C17H21N3O2. The second-order valence-electron chi connectivity index (χ2n) is 5.11. The maximum atomic E-state index is 11.3. The topological polar surface area (TPSA) is 66.3 Å². The van der Waals surface area contributed by atoms with Gasteiger partial charge < -0.3 is 10.0 Å². The zero-order valence-corrected chi connectivity index (χ0v) is 13.2. The van der Waals surface area contributed by atoms with Crippen LogP contribution in [0.15, 0.2) is 30.3 Å². The summed E-state index contributed by atoms with van der Waals surface area (Å²) in [6.07, 6.45) is 0.530. The van der Waals surface area contributed by atoms with Gasteiger partial charge in [-0.15, -0.1) is 0 Å². The van der Waals surface area contributed by atoms with Gasteiger partial charge in [-0.05, 0) is 31.9 Å². The van der Waals surface area contributed by atoms with Crippen LogP contribution in [0.4, 0.5) is 5.82 Å². The number of hydrogen-bond acceptors (Lipinski definition) is 4. The van der Waals surface area contributed by atoms with E-state index in [-0.39, 0.29) is 5.69 Å². The molecule has 0 aliphatic rings.